The molecule has 9 heavy (non-hydrogen) atoms. The Balaban J connectivity index is 3.51. The van der Waals surface area contributed by atoms with Crippen molar-refractivity contribution in [2.75, 3.05) is 14.1 Å². The van der Waals surface area contributed by atoms with Crippen LogP contribution in [0.25, 0.3) is 0 Å². The largest absolute Gasteiger partial charge is 0.381 e. The average molecular weight is 145 g/mol. The molecule has 0 fully saturated rings. The van der Waals surface area contributed by atoms with E-state index >= 15 is 0 Å². The molecule has 0 aliphatic carbocycles. The number of hydrogen-bond donors (Lipinski definition) is 1. The predicted molar refractivity (Wildman–Crippen MR) is 45.9 cm³/mol. The normalized spacial score (nSPS) is 12.9. The number of allylic oxidation sites excluding steroid dienone is 1. The minimum Gasteiger partial charge on any atom is -0.381 e. The second kappa shape index (κ2) is 3.83. The van der Waals surface area contributed by atoms with Gasteiger partial charge in [-0.25, -0.2) is 0 Å². The summed E-state index contributed by atoms with van der Waals surface area (Å²) in [6.45, 7) is 5.94. The van der Waals surface area contributed by atoms with Crippen molar-refractivity contribution in [3.05, 3.63) is 12.3 Å². The summed E-state index contributed by atoms with van der Waals surface area (Å²) in [6.07, 6.45) is 0.968. The maximum atomic E-state index is 4.24. The molecule has 0 aliphatic rings. The fraction of sp³-hybridized carbons (Fsp3) is 0.714. The van der Waals surface area contributed by atoms with E-state index < -0.39 is 0 Å². The van der Waals surface area contributed by atoms with Crippen LogP contribution in [0.5, 0.6) is 0 Å². The van der Waals surface area contributed by atoms with Gasteiger partial charge in [-0.3, -0.25) is 0 Å². The summed E-state index contributed by atoms with van der Waals surface area (Å²) in [5.74, 6) is 0. The highest BCUT2D eigenvalue weighted by Crippen LogP contribution is 2.08. The van der Waals surface area contributed by atoms with E-state index in [0.29, 0.717) is 5.25 Å². The van der Waals surface area contributed by atoms with Crippen LogP contribution in [0.3, 0.4) is 0 Å². The third-order valence-electron chi connectivity index (χ3n) is 1.16. The summed E-state index contributed by atoms with van der Waals surface area (Å²) in [5.41, 5.74) is 1.14. The van der Waals surface area contributed by atoms with Gasteiger partial charge in [-0.1, -0.05) is 13.5 Å². The van der Waals surface area contributed by atoms with Gasteiger partial charge in [0.05, 0.1) is 0 Å². The summed E-state index contributed by atoms with van der Waals surface area (Å²) in [4.78, 5) is 2.02. The highest BCUT2D eigenvalue weighted by Gasteiger charge is 1.99. The summed E-state index contributed by atoms with van der Waals surface area (Å²) in [7, 11) is 4.00. The van der Waals surface area contributed by atoms with E-state index in [-0.39, 0.29) is 0 Å². The zero-order valence-corrected chi connectivity index (χ0v) is 7.28. The molecule has 0 aromatic carbocycles. The smallest absolute Gasteiger partial charge is 0.00653 e. The Morgan fingerprint density at radius 1 is 1.67 bits per heavy atom. The van der Waals surface area contributed by atoms with Crippen molar-refractivity contribution in [3.8, 4) is 0 Å². The van der Waals surface area contributed by atoms with E-state index in [9.17, 15) is 0 Å². The Hall–Kier alpha value is -0.110. The standard InChI is InChI=1S/C7H15NS/c1-6(8(3)4)5-7(2)9/h7,9H,1,5H2,2-4H3. The lowest BCUT2D eigenvalue weighted by Gasteiger charge is -2.16. The Kier molecular flexibility index (Phi) is 3.78. The number of nitrogens with zero attached hydrogens (tertiary/aromatic N) is 1. The van der Waals surface area contributed by atoms with Crippen molar-refractivity contribution in [3.63, 3.8) is 0 Å². The minimum atomic E-state index is 0.417. The van der Waals surface area contributed by atoms with Gasteiger partial charge in [-0.15, -0.1) is 0 Å². The molecule has 0 aromatic rings. The predicted octanol–water partition coefficient (Wildman–Crippen LogP) is 1.77. The van der Waals surface area contributed by atoms with E-state index in [1.807, 2.05) is 19.0 Å². The molecule has 0 aliphatic heterocycles. The quantitative estimate of drug-likeness (QED) is 0.592. The first-order chi connectivity index (χ1) is 4.04. The van der Waals surface area contributed by atoms with Gasteiger partial charge < -0.3 is 4.90 Å². The molecule has 0 heterocycles. The molecule has 0 radical (unpaired) electrons. The molecule has 1 nitrogen and oxygen atoms in total. The molecule has 2 heteroatoms. The molecule has 0 saturated carbocycles. The van der Waals surface area contributed by atoms with Crippen LogP contribution in [0.15, 0.2) is 12.3 Å². The second-order valence-corrected chi connectivity index (χ2v) is 3.40. The Morgan fingerprint density at radius 2 is 2.11 bits per heavy atom. The van der Waals surface area contributed by atoms with Gasteiger partial charge in [0.15, 0.2) is 0 Å². The number of rotatable bonds is 3. The number of hydrogen-bond acceptors (Lipinski definition) is 2. The van der Waals surface area contributed by atoms with Crippen molar-refractivity contribution in [2.45, 2.75) is 18.6 Å². The average Bonchev–Trinajstić information content (AvgIpc) is 1.63. The SMILES string of the molecule is C=C(CC(C)S)N(C)C. The first-order valence-corrected chi connectivity index (χ1v) is 3.59. The molecule has 1 unspecified atom stereocenters. The Labute approximate surface area is 63.2 Å². The summed E-state index contributed by atoms with van der Waals surface area (Å²) >= 11 is 4.24. The zero-order valence-electron chi connectivity index (χ0n) is 6.39. The first-order valence-electron chi connectivity index (χ1n) is 3.07. The monoisotopic (exact) mass is 145 g/mol. The minimum absolute atomic E-state index is 0.417. The molecule has 0 N–H and O–H groups in total. The summed E-state index contributed by atoms with van der Waals surface area (Å²) in [5, 5.41) is 0.417. The molecule has 0 spiro atoms. The summed E-state index contributed by atoms with van der Waals surface area (Å²) < 4.78 is 0. The van der Waals surface area contributed by atoms with Crippen LogP contribution in [0.2, 0.25) is 0 Å². The zero-order chi connectivity index (χ0) is 7.44. The number of thiol groups is 1. The molecule has 0 aromatic heterocycles. The maximum Gasteiger partial charge on any atom is 0.00653 e. The van der Waals surface area contributed by atoms with Crippen LogP contribution in [0, 0.1) is 0 Å². The van der Waals surface area contributed by atoms with Crippen LogP contribution in [-0.2, 0) is 0 Å². The Bertz CT molecular complexity index is 97.1. The first kappa shape index (κ1) is 8.89. The van der Waals surface area contributed by atoms with Gasteiger partial charge in [0, 0.05) is 25.0 Å². The topological polar surface area (TPSA) is 3.24 Å². The summed E-state index contributed by atoms with van der Waals surface area (Å²) in [6, 6.07) is 0. The molecular weight excluding hydrogens is 130 g/mol. The van der Waals surface area contributed by atoms with Crippen LogP contribution in [-0.4, -0.2) is 24.2 Å². The van der Waals surface area contributed by atoms with Crippen LogP contribution in [0.1, 0.15) is 13.3 Å². The third kappa shape index (κ3) is 4.40. The third-order valence-corrected chi connectivity index (χ3v) is 1.35. The van der Waals surface area contributed by atoms with Crippen LogP contribution >= 0.6 is 12.6 Å². The lowest BCUT2D eigenvalue weighted by molar-refractivity contribution is 0.489. The molecule has 0 rings (SSSR count). The van der Waals surface area contributed by atoms with Gasteiger partial charge >= 0.3 is 0 Å². The van der Waals surface area contributed by atoms with Crippen LogP contribution < -0.4 is 0 Å². The van der Waals surface area contributed by atoms with Crippen molar-refractivity contribution < 1.29 is 0 Å². The van der Waals surface area contributed by atoms with E-state index in [0.717, 1.165) is 12.1 Å². The van der Waals surface area contributed by atoms with E-state index in [4.69, 9.17) is 0 Å². The second-order valence-electron chi connectivity index (χ2n) is 2.51. The fourth-order valence-corrected chi connectivity index (χ4v) is 0.734. The van der Waals surface area contributed by atoms with Crippen molar-refractivity contribution in [2.24, 2.45) is 0 Å². The fourth-order valence-electron chi connectivity index (χ4n) is 0.524. The highest BCUT2D eigenvalue weighted by molar-refractivity contribution is 7.80. The lowest BCUT2D eigenvalue weighted by Crippen LogP contribution is -2.12. The van der Waals surface area contributed by atoms with Crippen molar-refractivity contribution in [1.29, 1.82) is 0 Å². The van der Waals surface area contributed by atoms with E-state index in [2.05, 4.69) is 26.1 Å². The Morgan fingerprint density at radius 3 is 2.22 bits per heavy atom. The highest BCUT2D eigenvalue weighted by atomic mass is 32.1. The van der Waals surface area contributed by atoms with Crippen LogP contribution in [0.4, 0.5) is 0 Å². The molecule has 54 valence electrons. The van der Waals surface area contributed by atoms with E-state index in [1.54, 1.807) is 0 Å². The lowest BCUT2D eigenvalue weighted by atomic mass is 10.2. The molecule has 0 amide bonds. The molecule has 0 saturated heterocycles. The van der Waals surface area contributed by atoms with E-state index in [1.165, 1.54) is 0 Å². The van der Waals surface area contributed by atoms with Gasteiger partial charge in [0.2, 0.25) is 0 Å². The van der Waals surface area contributed by atoms with Gasteiger partial charge in [0.25, 0.3) is 0 Å². The molecule has 0 bridgehead atoms. The maximum absolute atomic E-state index is 4.24. The molecule has 1 atom stereocenters. The van der Waals surface area contributed by atoms with Gasteiger partial charge in [-0.2, -0.15) is 12.6 Å². The van der Waals surface area contributed by atoms with Crippen molar-refractivity contribution in [1.82, 2.24) is 4.90 Å². The van der Waals surface area contributed by atoms with Gasteiger partial charge in [0.1, 0.15) is 0 Å². The van der Waals surface area contributed by atoms with Gasteiger partial charge in [-0.05, 0) is 6.42 Å². The molecular formula is C7H15NS. The van der Waals surface area contributed by atoms with Crippen molar-refractivity contribution >= 4 is 12.6 Å².